The highest BCUT2D eigenvalue weighted by molar-refractivity contribution is 6.02. The minimum absolute atomic E-state index is 0.0197. The first-order valence-corrected chi connectivity index (χ1v) is 11.2. The SMILES string of the molecule is Cc1c(-c2ccccc2)c(N2CCC(N(C)C)C2)c2oc(CNCCC(=O)O)nc2c1C#N. The van der Waals surface area contributed by atoms with Crippen LogP contribution in [0.5, 0.6) is 0 Å². The van der Waals surface area contributed by atoms with E-state index in [-0.39, 0.29) is 6.42 Å². The molecule has 33 heavy (non-hydrogen) atoms. The van der Waals surface area contributed by atoms with Crippen molar-refractivity contribution in [3.63, 3.8) is 0 Å². The highest BCUT2D eigenvalue weighted by Crippen LogP contribution is 2.44. The minimum atomic E-state index is -0.860. The molecule has 1 aromatic heterocycles. The van der Waals surface area contributed by atoms with Gasteiger partial charge in [-0.05, 0) is 38.6 Å². The summed E-state index contributed by atoms with van der Waals surface area (Å²) >= 11 is 0. The topological polar surface area (TPSA) is 106 Å². The summed E-state index contributed by atoms with van der Waals surface area (Å²) < 4.78 is 6.25. The first-order valence-electron chi connectivity index (χ1n) is 11.2. The first kappa shape index (κ1) is 22.8. The molecule has 0 aliphatic carbocycles. The van der Waals surface area contributed by atoms with E-state index in [1.165, 1.54) is 0 Å². The molecule has 1 aliphatic rings. The molecule has 0 amide bonds. The number of aromatic nitrogens is 1. The molecule has 1 aliphatic heterocycles. The molecule has 0 saturated carbocycles. The zero-order valence-electron chi connectivity index (χ0n) is 19.3. The summed E-state index contributed by atoms with van der Waals surface area (Å²) in [5.74, 6) is -0.414. The van der Waals surface area contributed by atoms with Crippen LogP contribution in [0.4, 0.5) is 5.69 Å². The Morgan fingerprint density at radius 1 is 1.36 bits per heavy atom. The van der Waals surface area contributed by atoms with E-state index in [1.54, 1.807) is 0 Å². The van der Waals surface area contributed by atoms with Gasteiger partial charge in [0, 0.05) is 31.2 Å². The third-order valence-electron chi connectivity index (χ3n) is 6.29. The predicted molar refractivity (Wildman–Crippen MR) is 127 cm³/mol. The number of nitriles is 1. The van der Waals surface area contributed by atoms with Gasteiger partial charge in [-0.1, -0.05) is 30.3 Å². The van der Waals surface area contributed by atoms with Crippen molar-refractivity contribution < 1.29 is 14.3 Å². The van der Waals surface area contributed by atoms with Gasteiger partial charge in [-0.15, -0.1) is 0 Å². The Morgan fingerprint density at radius 2 is 2.12 bits per heavy atom. The lowest BCUT2D eigenvalue weighted by Gasteiger charge is -2.25. The third kappa shape index (κ3) is 4.56. The molecule has 0 radical (unpaired) electrons. The lowest BCUT2D eigenvalue weighted by Crippen LogP contribution is -2.31. The molecule has 8 heteroatoms. The van der Waals surface area contributed by atoms with Crippen LogP contribution in [-0.2, 0) is 11.3 Å². The van der Waals surface area contributed by atoms with E-state index in [0.717, 1.165) is 41.9 Å². The Labute approximate surface area is 193 Å². The second-order valence-corrected chi connectivity index (χ2v) is 8.66. The van der Waals surface area contributed by atoms with Gasteiger partial charge in [0.15, 0.2) is 5.58 Å². The number of oxazole rings is 1. The summed E-state index contributed by atoms with van der Waals surface area (Å²) in [5, 5.41) is 21.9. The number of nitrogens with zero attached hydrogens (tertiary/aromatic N) is 4. The van der Waals surface area contributed by atoms with Gasteiger partial charge in [0.1, 0.15) is 11.6 Å². The Bertz CT molecular complexity index is 1200. The molecule has 2 aromatic carbocycles. The molecular weight excluding hydrogens is 418 g/mol. The van der Waals surface area contributed by atoms with E-state index in [9.17, 15) is 10.1 Å². The van der Waals surface area contributed by atoms with Gasteiger partial charge in [0.25, 0.3) is 0 Å². The van der Waals surface area contributed by atoms with E-state index in [0.29, 0.717) is 41.7 Å². The van der Waals surface area contributed by atoms with Crippen molar-refractivity contribution in [2.24, 2.45) is 0 Å². The molecule has 1 unspecified atom stereocenters. The normalized spacial score (nSPS) is 16.0. The number of likely N-dealkylation sites (N-methyl/N-ethyl adjacent to an activating group) is 1. The fourth-order valence-corrected chi connectivity index (χ4v) is 4.52. The summed E-state index contributed by atoms with van der Waals surface area (Å²) in [6, 6.07) is 12.9. The van der Waals surface area contributed by atoms with Gasteiger partial charge in [-0.3, -0.25) is 4.79 Å². The number of carboxylic acids is 1. The minimum Gasteiger partial charge on any atom is -0.481 e. The van der Waals surface area contributed by atoms with Crippen LogP contribution >= 0.6 is 0 Å². The highest BCUT2D eigenvalue weighted by Gasteiger charge is 2.31. The molecule has 3 aromatic rings. The van der Waals surface area contributed by atoms with E-state index < -0.39 is 5.97 Å². The third-order valence-corrected chi connectivity index (χ3v) is 6.29. The summed E-state index contributed by atoms with van der Waals surface area (Å²) in [4.78, 5) is 20.0. The number of aliphatic carboxylic acids is 1. The first-order chi connectivity index (χ1) is 15.9. The van der Waals surface area contributed by atoms with Crippen LogP contribution in [0.25, 0.3) is 22.2 Å². The Balaban J connectivity index is 1.85. The maximum atomic E-state index is 10.8. The molecule has 2 heterocycles. The Morgan fingerprint density at radius 3 is 2.76 bits per heavy atom. The Kier molecular flexibility index (Phi) is 6.63. The molecule has 1 fully saturated rings. The molecule has 0 spiro atoms. The van der Waals surface area contributed by atoms with Gasteiger partial charge in [-0.2, -0.15) is 5.26 Å². The van der Waals surface area contributed by atoms with E-state index >= 15 is 0 Å². The molecule has 4 rings (SSSR count). The molecule has 2 N–H and O–H groups in total. The van der Waals surface area contributed by atoms with Crippen molar-refractivity contribution in [2.45, 2.75) is 32.4 Å². The summed E-state index contributed by atoms with van der Waals surface area (Å²) in [5.41, 5.74) is 5.59. The van der Waals surface area contributed by atoms with Crippen molar-refractivity contribution in [3.8, 4) is 17.2 Å². The van der Waals surface area contributed by atoms with Crippen molar-refractivity contribution in [1.82, 2.24) is 15.2 Å². The van der Waals surface area contributed by atoms with Crippen LogP contribution < -0.4 is 10.2 Å². The summed E-state index contributed by atoms with van der Waals surface area (Å²) in [6.45, 7) is 4.34. The van der Waals surface area contributed by atoms with Gasteiger partial charge in [0.05, 0.1) is 24.2 Å². The average molecular weight is 448 g/mol. The number of anilines is 1. The quantitative estimate of drug-likeness (QED) is 0.506. The fourth-order valence-electron chi connectivity index (χ4n) is 4.52. The number of benzene rings is 2. The number of hydrogen-bond acceptors (Lipinski definition) is 7. The van der Waals surface area contributed by atoms with Crippen LogP contribution in [0.15, 0.2) is 34.7 Å². The van der Waals surface area contributed by atoms with Crippen LogP contribution in [0.2, 0.25) is 0 Å². The van der Waals surface area contributed by atoms with Crippen molar-refractivity contribution in [2.75, 3.05) is 38.6 Å². The fraction of sp³-hybridized carbons (Fsp3) is 0.400. The van der Waals surface area contributed by atoms with Crippen LogP contribution in [0.1, 0.15) is 29.9 Å². The van der Waals surface area contributed by atoms with Crippen molar-refractivity contribution in [3.05, 3.63) is 47.3 Å². The maximum Gasteiger partial charge on any atom is 0.304 e. The standard InChI is InChI=1S/C25H29N5O3/c1-16-19(13-26)23-25(33-20(28-23)14-27-11-9-21(31)32)24(22(16)17-7-5-4-6-8-17)30-12-10-18(15-30)29(2)3/h4-8,18,27H,9-12,14-15H2,1-3H3,(H,31,32). The monoisotopic (exact) mass is 447 g/mol. The summed E-state index contributed by atoms with van der Waals surface area (Å²) in [6.07, 6.45) is 1.06. The average Bonchev–Trinajstić information content (AvgIpc) is 3.44. The smallest absolute Gasteiger partial charge is 0.304 e. The number of rotatable bonds is 8. The van der Waals surface area contributed by atoms with Crippen molar-refractivity contribution in [1.29, 1.82) is 5.26 Å². The molecule has 1 atom stereocenters. The lowest BCUT2D eigenvalue weighted by atomic mass is 9.93. The van der Waals surface area contributed by atoms with Gasteiger partial charge >= 0.3 is 5.97 Å². The largest absolute Gasteiger partial charge is 0.481 e. The molecule has 0 bridgehead atoms. The number of carbonyl (C=O) groups is 1. The van der Waals surface area contributed by atoms with Gasteiger partial charge in [-0.25, -0.2) is 4.98 Å². The summed E-state index contributed by atoms with van der Waals surface area (Å²) in [7, 11) is 4.20. The van der Waals surface area contributed by atoms with E-state index in [2.05, 4.69) is 52.4 Å². The van der Waals surface area contributed by atoms with E-state index in [1.807, 2.05) is 25.1 Å². The van der Waals surface area contributed by atoms with Gasteiger partial charge < -0.3 is 24.6 Å². The zero-order valence-corrected chi connectivity index (χ0v) is 19.3. The predicted octanol–water partition coefficient (Wildman–Crippen LogP) is 3.38. The Hall–Kier alpha value is -3.41. The molecular formula is C25H29N5O3. The molecule has 1 saturated heterocycles. The number of nitrogens with one attached hydrogen (secondary N) is 1. The number of carboxylic acid groups (broad SMARTS) is 1. The zero-order chi connectivity index (χ0) is 23.5. The second kappa shape index (κ2) is 9.61. The van der Waals surface area contributed by atoms with Gasteiger partial charge in [0.2, 0.25) is 5.89 Å². The van der Waals surface area contributed by atoms with Crippen LogP contribution in [0, 0.1) is 18.3 Å². The maximum absolute atomic E-state index is 10.8. The van der Waals surface area contributed by atoms with Crippen molar-refractivity contribution >= 4 is 22.8 Å². The molecule has 172 valence electrons. The second-order valence-electron chi connectivity index (χ2n) is 8.66. The van der Waals surface area contributed by atoms with Crippen LogP contribution in [-0.4, -0.2) is 60.7 Å². The molecule has 8 nitrogen and oxygen atoms in total. The van der Waals surface area contributed by atoms with Crippen LogP contribution in [0.3, 0.4) is 0 Å². The number of hydrogen-bond donors (Lipinski definition) is 2. The highest BCUT2D eigenvalue weighted by atomic mass is 16.4. The van der Waals surface area contributed by atoms with E-state index in [4.69, 9.17) is 9.52 Å². The lowest BCUT2D eigenvalue weighted by molar-refractivity contribution is -0.136. The number of fused-ring (bicyclic) bond motifs is 1.